The molecule has 2 heterocycles. The second-order valence-corrected chi connectivity index (χ2v) is 13.7. The van der Waals surface area contributed by atoms with Crippen LogP contribution in [0.2, 0.25) is 11.6 Å². The molecule has 1 aliphatic heterocycles. The summed E-state index contributed by atoms with van der Waals surface area (Å²) in [5.41, 5.74) is 4.15. The number of hydrogen-bond donors (Lipinski definition) is 0. The molecular formula is C20H17NSe. The average molecular weight is 350 g/mol. The molecule has 0 saturated heterocycles. The van der Waals surface area contributed by atoms with Crippen molar-refractivity contribution in [3.05, 3.63) is 66.7 Å². The first kappa shape index (κ1) is 12.5. The van der Waals surface area contributed by atoms with Gasteiger partial charge in [-0.15, -0.1) is 0 Å². The van der Waals surface area contributed by atoms with E-state index in [1.807, 2.05) is 0 Å². The van der Waals surface area contributed by atoms with E-state index in [0.717, 1.165) is 0 Å². The Bertz CT molecular complexity index is 1060. The van der Waals surface area contributed by atoms with Gasteiger partial charge in [-0.25, -0.2) is 0 Å². The van der Waals surface area contributed by atoms with E-state index in [9.17, 15) is 0 Å². The summed E-state index contributed by atoms with van der Waals surface area (Å²) in [5, 5.41) is 2.76. The molecule has 1 nitrogen and oxygen atoms in total. The minimum atomic E-state index is -1.86. The number of nitrogens with zero attached hydrogens (tertiary/aromatic N) is 1. The van der Waals surface area contributed by atoms with E-state index in [0.29, 0.717) is 0 Å². The molecule has 2 heteroatoms. The number of rotatable bonds is 0. The Balaban J connectivity index is 2.15. The van der Waals surface area contributed by atoms with Crippen molar-refractivity contribution in [1.29, 1.82) is 0 Å². The first-order chi connectivity index (χ1) is 10.7. The van der Waals surface area contributed by atoms with Crippen molar-refractivity contribution >= 4 is 43.6 Å². The first-order valence-corrected chi connectivity index (χ1v) is 12.7. The molecule has 4 aromatic rings. The van der Waals surface area contributed by atoms with Gasteiger partial charge in [0.1, 0.15) is 0 Å². The van der Waals surface area contributed by atoms with Crippen LogP contribution in [0.5, 0.6) is 0 Å². The molecule has 5 rings (SSSR count). The van der Waals surface area contributed by atoms with Crippen molar-refractivity contribution in [1.82, 2.24) is 4.57 Å². The van der Waals surface area contributed by atoms with Gasteiger partial charge in [0, 0.05) is 0 Å². The second-order valence-electron chi connectivity index (χ2n) is 6.30. The third kappa shape index (κ3) is 1.35. The van der Waals surface area contributed by atoms with Crippen LogP contribution in [0.15, 0.2) is 66.7 Å². The Kier molecular flexibility index (Phi) is 2.30. The summed E-state index contributed by atoms with van der Waals surface area (Å²) in [6, 6.07) is 24.6. The van der Waals surface area contributed by atoms with Crippen LogP contribution in [0.1, 0.15) is 0 Å². The Morgan fingerprint density at radius 1 is 0.682 bits per heavy atom. The van der Waals surface area contributed by atoms with E-state index >= 15 is 0 Å². The van der Waals surface area contributed by atoms with Crippen LogP contribution in [-0.4, -0.2) is 17.4 Å². The van der Waals surface area contributed by atoms with Gasteiger partial charge in [-0.1, -0.05) is 0 Å². The number of para-hydroxylation sites is 3. The third-order valence-corrected chi connectivity index (χ3v) is 10.9. The first-order valence-electron chi connectivity index (χ1n) is 7.54. The molecule has 0 radical (unpaired) electrons. The SMILES string of the molecule is C[Se]1(C)c2ccccc2-n2c3ccccc3c3cccc1c32. The van der Waals surface area contributed by atoms with Crippen LogP contribution in [0.3, 0.4) is 0 Å². The van der Waals surface area contributed by atoms with Crippen molar-refractivity contribution in [3.8, 4) is 5.69 Å². The fourth-order valence-electron chi connectivity index (χ4n) is 3.84. The van der Waals surface area contributed by atoms with Gasteiger partial charge in [-0.2, -0.15) is 0 Å². The van der Waals surface area contributed by atoms with Crippen molar-refractivity contribution in [2.45, 2.75) is 11.6 Å². The number of hydrogen-bond acceptors (Lipinski definition) is 0. The standard InChI is InChI=1S/C20H17NSe/c1-22(2)18-12-6-5-11-17(18)21-16-10-4-3-8-14(16)15-9-7-13-19(22)20(15)21/h3-13H,1-2H3. The summed E-state index contributed by atoms with van der Waals surface area (Å²) in [5.74, 6) is 4.98. The molecule has 0 unspecified atom stereocenters. The average Bonchev–Trinajstić information content (AvgIpc) is 2.88. The zero-order valence-corrected chi connectivity index (χ0v) is 14.4. The topological polar surface area (TPSA) is 4.93 Å². The van der Waals surface area contributed by atoms with Gasteiger partial charge in [0.25, 0.3) is 0 Å². The van der Waals surface area contributed by atoms with Gasteiger partial charge >= 0.3 is 132 Å². The van der Waals surface area contributed by atoms with Gasteiger partial charge in [0.2, 0.25) is 0 Å². The molecular weight excluding hydrogens is 333 g/mol. The minimum absolute atomic E-state index is 1.32. The summed E-state index contributed by atoms with van der Waals surface area (Å²) in [6.45, 7) is 0. The van der Waals surface area contributed by atoms with E-state index in [4.69, 9.17) is 0 Å². The van der Waals surface area contributed by atoms with Crippen LogP contribution >= 0.6 is 0 Å². The molecule has 1 aliphatic rings. The monoisotopic (exact) mass is 351 g/mol. The number of fused-ring (bicyclic) bond motifs is 5. The molecule has 0 bridgehead atoms. The van der Waals surface area contributed by atoms with Crippen LogP contribution in [0, 0.1) is 0 Å². The molecule has 0 spiro atoms. The van der Waals surface area contributed by atoms with Crippen molar-refractivity contribution in [2.75, 3.05) is 0 Å². The molecule has 1 aromatic heterocycles. The molecule has 108 valence electrons. The van der Waals surface area contributed by atoms with Gasteiger partial charge in [-0.05, 0) is 0 Å². The summed E-state index contributed by atoms with van der Waals surface area (Å²) < 4.78 is 5.61. The molecule has 0 N–H and O–H groups in total. The Morgan fingerprint density at radius 2 is 1.36 bits per heavy atom. The summed E-state index contributed by atoms with van der Waals surface area (Å²) >= 11 is -1.86. The molecule has 0 saturated carbocycles. The van der Waals surface area contributed by atoms with Crippen molar-refractivity contribution in [3.63, 3.8) is 0 Å². The summed E-state index contributed by atoms with van der Waals surface area (Å²) in [6.07, 6.45) is 0. The van der Waals surface area contributed by atoms with E-state index in [1.54, 1.807) is 8.92 Å². The summed E-state index contributed by atoms with van der Waals surface area (Å²) in [4.78, 5) is 0. The van der Waals surface area contributed by atoms with Gasteiger partial charge in [-0.3, -0.25) is 0 Å². The normalized spacial score (nSPS) is 16.6. The maximum atomic E-state index is 2.49. The number of aromatic nitrogens is 1. The van der Waals surface area contributed by atoms with Gasteiger partial charge < -0.3 is 0 Å². The van der Waals surface area contributed by atoms with E-state index in [1.165, 1.54) is 27.5 Å². The van der Waals surface area contributed by atoms with E-state index < -0.39 is 12.8 Å². The predicted molar refractivity (Wildman–Crippen MR) is 97.5 cm³/mol. The molecule has 22 heavy (non-hydrogen) atoms. The Labute approximate surface area is 132 Å². The maximum absolute atomic E-state index is 2.49. The number of benzene rings is 3. The molecule has 0 amide bonds. The van der Waals surface area contributed by atoms with Crippen molar-refractivity contribution in [2.24, 2.45) is 0 Å². The van der Waals surface area contributed by atoms with Crippen LogP contribution in [0.25, 0.3) is 27.5 Å². The second kappa shape index (κ2) is 4.04. The fraction of sp³-hybridized carbons (Fsp3) is 0.100. The van der Waals surface area contributed by atoms with Gasteiger partial charge in [0.05, 0.1) is 0 Å². The third-order valence-electron chi connectivity index (χ3n) is 4.86. The van der Waals surface area contributed by atoms with Crippen LogP contribution in [0.4, 0.5) is 0 Å². The van der Waals surface area contributed by atoms with E-state index in [2.05, 4.69) is 82.9 Å². The zero-order valence-electron chi connectivity index (χ0n) is 12.7. The molecule has 0 aliphatic carbocycles. The molecule has 0 atom stereocenters. The summed E-state index contributed by atoms with van der Waals surface area (Å²) in [7, 11) is 0. The Hall–Kier alpha value is -2.02. The predicted octanol–water partition coefficient (Wildman–Crippen LogP) is 3.92. The van der Waals surface area contributed by atoms with Crippen LogP contribution in [-0.2, 0) is 0 Å². The van der Waals surface area contributed by atoms with Gasteiger partial charge in [0.15, 0.2) is 0 Å². The molecule has 3 aromatic carbocycles. The Morgan fingerprint density at radius 3 is 2.27 bits per heavy atom. The quantitative estimate of drug-likeness (QED) is 0.424. The zero-order chi connectivity index (χ0) is 14.9. The van der Waals surface area contributed by atoms with Crippen LogP contribution < -0.4 is 8.92 Å². The molecule has 0 fully saturated rings. The van der Waals surface area contributed by atoms with Crippen molar-refractivity contribution < 1.29 is 0 Å². The fourth-order valence-corrected chi connectivity index (χ4v) is 8.96. The van der Waals surface area contributed by atoms with E-state index in [-0.39, 0.29) is 0 Å².